The first-order valence-electron chi connectivity index (χ1n) is 10.5. The van der Waals surface area contributed by atoms with E-state index in [0.717, 1.165) is 5.69 Å². The molecule has 0 N–H and O–H groups in total. The minimum absolute atomic E-state index is 1.16. The molecule has 0 unspecified atom stereocenters. The number of rotatable bonds is 5. The zero-order chi connectivity index (χ0) is 21.0. The van der Waals surface area contributed by atoms with E-state index >= 15 is 0 Å². The molecule has 5 rings (SSSR count). The van der Waals surface area contributed by atoms with E-state index in [1.807, 2.05) is 11.3 Å². The molecule has 1 nitrogen and oxygen atoms in total. The van der Waals surface area contributed by atoms with Crippen LogP contribution in [0.15, 0.2) is 121 Å². The van der Waals surface area contributed by atoms with Gasteiger partial charge in [0.25, 0.3) is 0 Å². The van der Waals surface area contributed by atoms with Gasteiger partial charge in [-0.3, -0.25) is 0 Å². The van der Waals surface area contributed by atoms with E-state index in [-0.39, 0.29) is 0 Å². The van der Waals surface area contributed by atoms with Crippen LogP contribution in [0.1, 0.15) is 0 Å². The van der Waals surface area contributed by atoms with Gasteiger partial charge in [-0.25, -0.2) is 0 Å². The van der Waals surface area contributed by atoms with Crippen LogP contribution in [0.5, 0.6) is 0 Å². The standard InChI is InChI=1S/C28H22BNS/c29-24-13-17-26(18-14-24)30(28-20-19-27(31-28)23-9-5-2-6-10-23)25-15-11-22(12-16-25)21-7-3-1-4-8-21/h1-20H,29H2. The second-order valence-corrected chi connectivity index (χ2v) is 8.65. The second-order valence-electron chi connectivity index (χ2n) is 7.59. The molecule has 1 heterocycles. The van der Waals surface area contributed by atoms with Crippen LogP contribution in [0.3, 0.4) is 0 Å². The quantitative estimate of drug-likeness (QED) is 0.285. The largest absolute Gasteiger partial charge is 0.302 e. The van der Waals surface area contributed by atoms with Crippen molar-refractivity contribution in [1.82, 2.24) is 0 Å². The van der Waals surface area contributed by atoms with Gasteiger partial charge in [0, 0.05) is 16.3 Å². The molecule has 1 aromatic heterocycles. The van der Waals surface area contributed by atoms with E-state index in [2.05, 4.69) is 134 Å². The Kier molecular flexibility index (Phi) is 5.43. The maximum absolute atomic E-state index is 2.34. The number of thiophene rings is 1. The molecular formula is C28H22BNS. The predicted molar refractivity (Wildman–Crippen MR) is 138 cm³/mol. The monoisotopic (exact) mass is 415 g/mol. The van der Waals surface area contributed by atoms with Crippen molar-refractivity contribution in [3.05, 3.63) is 121 Å². The number of anilines is 3. The van der Waals surface area contributed by atoms with Gasteiger partial charge in [0.1, 0.15) is 12.8 Å². The molecule has 0 aliphatic rings. The molecule has 0 aliphatic heterocycles. The third-order valence-electron chi connectivity index (χ3n) is 5.40. The van der Waals surface area contributed by atoms with Crippen LogP contribution in [-0.4, -0.2) is 7.85 Å². The fourth-order valence-corrected chi connectivity index (χ4v) is 4.79. The highest BCUT2D eigenvalue weighted by molar-refractivity contribution is 7.19. The summed E-state index contributed by atoms with van der Waals surface area (Å²) in [7, 11) is 2.13. The Morgan fingerprint density at radius 3 is 1.61 bits per heavy atom. The van der Waals surface area contributed by atoms with Gasteiger partial charge in [-0.05, 0) is 53.1 Å². The van der Waals surface area contributed by atoms with E-state index in [1.54, 1.807) is 0 Å². The Morgan fingerprint density at radius 2 is 1.00 bits per heavy atom. The van der Waals surface area contributed by atoms with Crippen molar-refractivity contribution in [2.75, 3.05) is 4.90 Å². The fourth-order valence-electron chi connectivity index (χ4n) is 3.74. The Labute approximate surface area is 188 Å². The van der Waals surface area contributed by atoms with E-state index < -0.39 is 0 Å². The first-order valence-corrected chi connectivity index (χ1v) is 11.3. The summed E-state index contributed by atoms with van der Waals surface area (Å²) >= 11 is 1.81. The van der Waals surface area contributed by atoms with Gasteiger partial charge in [-0.15, -0.1) is 11.3 Å². The maximum Gasteiger partial charge on any atom is 0.139 e. The van der Waals surface area contributed by atoms with Crippen molar-refractivity contribution in [2.24, 2.45) is 0 Å². The SMILES string of the molecule is Bc1ccc(N(c2ccc(-c3ccccc3)cc2)c2ccc(-c3ccccc3)s2)cc1. The smallest absolute Gasteiger partial charge is 0.139 e. The molecular weight excluding hydrogens is 393 g/mol. The lowest BCUT2D eigenvalue weighted by molar-refractivity contribution is 1.32. The van der Waals surface area contributed by atoms with Crippen molar-refractivity contribution in [1.29, 1.82) is 0 Å². The Balaban J connectivity index is 1.55. The summed E-state index contributed by atoms with van der Waals surface area (Å²) in [5.74, 6) is 0. The minimum Gasteiger partial charge on any atom is -0.302 e. The van der Waals surface area contributed by atoms with Crippen molar-refractivity contribution in [3.63, 3.8) is 0 Å². The zero-order valence-corrected chi connectivity index (χ0v) is 18.2. The van der Waals surface area contributed by atoms with Crippen molar-refractivity contribution in [2.45, 2.75) is 0 Å². The summed E-state index contributed by atoms with van der Waals surface area (Å²) in [5, 5.41) is 1.20. The molecule has 148 valence electrons. The van der Waals surface area contributed by atoms with Crippen LogP contribution in [0.2, 0.25) is 0 Å². The van der Waals surface area contributed by atoms with Crippen LogP contribution in [0, 0.1) is 0 Å². The van der Waals surface area contributed by atoms with Gasteiger partial charge in [0.15, 0.2) is 0 Å². The third-order valence-corrected chi connectivity index (χ3v) is 6.51. The summed E-state index contributed by atoms with van der Waals surface area (Å²) in [6, 6.07) is 43.1. The molecule has 0 fully saturated rings. The molecule has 0 aliphatic carbocycles. The molecule has 0 bridgehead atoms. The predicted octanol–water partition coefficient (Wildman–Crippen LogP) is 6.81. The Hall–Kier alpha value is -3.56. The number of hydrogen-bond acceptors (Lipinski definition) is 2. The Morgan fingerprint density at radius 1 is 0.484 bits per heavy atom. The highest BCUT2D eigenvalue weighted by Gasteiger charge is 2.15. The molecule has 3 heteroatoms. The summed E-state index contributed by atoms with van der Waals surface area (Å²) in [6.07, 6.45) is 0. The first kappa shape index (κ1) is 19.4. The average molecular weight is 415 g/mol. The fraction of sp³-hybridized carbons (Fsp3) is 0. The Bertz CT molecular complexity index is 1260. The van der Waals surface area contributed by atoms with E-state index in [9.17, 15) is 0 Å². The van der Waals surface area contributed by atoms with Crippen molar-refractivity contribution in [3.8, 4) is 21.6 Å². The normalized spacial score (nSPS) is 10.7. The lowest BCUT2D eigenvalue weighted by Crippen LogP contribution is -2.10. The molecule has 0 saturated carbocycles. The molecule has 0 atom stereocenters. The summed E-state index contributed by atoms with van der Waals surface area (Å²) in [5.41, 5.74) is 7.30. The molecule has 0 spiro atoms. The number of nitrogens with zero attached hydrogens (tertiary/aromatic N) is 1. The average Bonchev–Trinajstić information content (AvgIpc) is 3.32. The first-order chi connectivity index (χ1) is 15.3. The van der Waals surface area contributed by atoms with Crippen LogP contribution in [0.4, 0.5) is 16.4 Å². The van der Waals surface area contributed by atoms with Crippen LogP contribution >= 0.6 is 11.3 Å². The summed E-state index contributed by atoms with van der Waals surface area (Å²) in [6.45, 7) is 0. The number of hydrogen-bond donors (Lipinski definition) is 0. The summed E-state index contributed by atoms with van der Waals surface area (Å²) in [4.78, 5) is 3.61. The van der Waals surface area contributed by atoms with Crippen LogP contribution < -0.4 is 10.4 Å². The van der Waals surface area contributed by atoms with Gasteiger partial charge in [0.2, 0.25) is 0 Å². The second kappa shape index (κ2) is 8.67. The van der Waals surface area contributed by atoms with Gasteiger partial charge in [-0.1, -0.05) is 90.4 Å². The lowest BCUT2D eigenvalue weighted by atomic mass is 9.96. The zero-order valence-electron chi connectivity index (χ0n) is 17.4. The van der Waals surface area contributed by atoms with Crippen LogP contribution in [-0.2, 0) is 0 Å². The third kappa shape index (κ3) is 4.19. The topological polar surface area (TPSA) is 3.24 Å². The van der Waals surface area contributed by atoms with E-state index in [0.29, 0.717) is 0 Å². The van der Waals surface area contributed by atoms with Crippen molar-refractivity contribution >= 4 is 41.0 Å². The highest BCUT2D eigenvalue weighted by Crippen LogP contribution is 2.41. The van der Waals surface area contributed by atoms with Crippen LogP contribution in [0.25, 0.3) is 21.6 Å². The van der Waals surface area contributed by atoms with Gasteiger partial charge < -0.3 is 4.90 Å². The molecule has 0 radical (unpaired) electrons. The highest BCUT2D eigenvalue weighted by atomic mass is 32.1. The summed E-state index contributed by atoms with van der Waals surface area (Å²) < 4.78 is 0. The van der Waals surface area contributed by atoms with E-state index in [4.69, 9.17) is 0 Å². The minimum atomic E-state index is 1.16. The van der Waals surface area contributed by atoms with Gasteiger partial charge in [0.05, 0.1) is 0 Å². The molecule has 31 heavy (non-hydrogen) atoms. The molecule has 0 saturated heterocycles. The van der Waals surface area contributed by atoms with E-state index in [1.165, 1.54) is 37.7 Å². The van der Waals surface area contributed by atoms with Gasteiger partial charge >= 0.3 is 0 Å². The van der Waals surface area contributed by atoms with Crippen molar-refractivity contribution < 1.29 is 0 Å². The molecule has 5 aromatic rings. The number of benzene rings is 4. The lowest BCUT2D eigenvalue weighted by Gasteiger charge is -2.24. The molecule has 4 aromatic carbocycles. The van der Waals surface area contributed by atoms with Gasteiger partial charge in [-0.2, -0.15) is 0 Å². The molecule has 0 amide bonds. The maximum atomic E-state index is 2.34.